The third-order valence-electron chi connectivity index (χ3n) is 2.82. The molecule has 0 aliphatic heterocycles. The number of thiazole rings is 1. The minimum atomic E-state index is -0.182. The zero-order valence-corrected chi connectivity index (χ0v) is 10.6. The number of carbonyl (C=O) groups excluding carboxylic acids is 2. The molecule has 1 fully saturated rings. The molecule has 0 saturated heterocycles. The van der Waals surface area contributed by atoms with Crippen LogP contribution in [0.1, 0.15) is 30.8 Å². The first-order valence-corrected chi connectivity index (χ1v) is 6.45. The molecule has 1 saturated carbocycles. The van der Waals surface area contributed by atoms with Crippen molar-refractivity contribution in [3.05, 3.63) is 11.1 Å². The van der Waals surface area contributed by atoms with Crippen molar-refractivity contribution in [1.29, 1.82) is 0 Å². The van der Waals surface area contributed by atoms with E-state index in [2.05, 4.69) is 22.5 Å². The van der Waals surface area contributed by atoms with E-state index in [0.717, 1.165) is 5.92 Å². The van der Waals surface area contributed by atoms with Gasteiger partial charge in [0.25, 0.3) is 5.91 Å². The molecule has 1 aliphatic rings. The molecule has 92 valence electrons. The van der Waals surface area contributed by atoms with Crippen LogP contribution in [0.2, 0.25) is 0 Å². The average molecular weight is 253 g/mol. The molecule has 0 bridgehead atoms. The highest BCUT2D eigenvalue weighted by atomic mass is 32.1. The quantitative estimate of drug-likeness (QED) is 0.854. The van der Waals surface area contributed by atoms with Gasteiger partial charge in [-0.1, -0.05) is 6.92 Å². The SMILES string of the molecule is CC(=O)Nc1nc(C(=O)NCC2CC2C)cs1. The third kappa shape index (κ3) is 3.26. The normalized spacial score (nSPS) is 22.0. The summed E-state index contributed by atoms with van der Waals surface area (Å²) in [5, 5.41) is 7.51. The molecule has 0 spiro atoms. The van der Waals surface area contributed by atoms with Crippen LogP contribution in [0.5, 0.6) is 0 Å². The number of carbonyl (C=O) groups is 2. The van der Waals surface area contributed by atoms with E-state index < -0.39 is 0 Å². The fraction of sp³-hybridized carbons (Fsp3) is 0.545. The van der Waals surface area contributed by atoms with E-state index in [-0.39, 0.29) is 11.8 Å². The van der Waals surface area contributed by atoms with Crippen molar-refractivity contribution in [3.63, 3.8) is 0 Å². The Kier molecular flexibility index (Phi) is 3.42. The molecule has 2 rings (SSSR count). The van der Waals surface area contributed by atoms with Crippen molar-refractivity contribution >= 4 is 28.3 Å². The second kappa shape index (κ2) is 4.83. The minimum Gasteiger partial charge on any atom is -0.350 e. The van der Waals surface area contributed by atoms with Crippen molar-refractivity contribution in [2.75, 3.05) is 11.9 Å². The lowest BCUT2D eigenvalue weighted by molar-refractivity contribution is -0.114. The standard InChI is InChI=1S/C11H15N3O2S/c1-6-3-8(6)4-12-10(16)9-5-17-11(14-9)13-7(2)15/h5-6,8H,3-4H2,1-2H3,(H,12,16)(H,13,14,15). The Balaban J connectivity index is 1.85. The Bertz CT molecular complexity index is 444. The highest BCUT2D eigenvalue weighted by Gasteiger charge is 2.32. The van der Waals surface area contributed by atoms with Gasteiger partial charge < -0.3 is 10.6 Å². The summed E-state index contributed by atoms with van der Waals surface area (Å²) >= 11 is 1.25. The summed E-state index contributed by atoms with van der Waals surface area (Å²) in [4.78, 5) is 26.6. The van der Waals surface area contributed by atoms with Gasteiger partial charge in [0.2, 0.25) is 5.91 Å². The first kappa shape index (κ1) is 12.0. The Morgan fingerprint density at radius 1 is 1.59 bits per heavy atom. The zero-order valence-electron chi connectivity index (χ0n) is 9.82. The van der Waals surface area contributed by atoms with Crippen LogP contribution in [0.25, 0.3) is 0 Å². The Labute approximate surface area is 104 Å². The van der Waals surface area contributed by atoms with Gasteiger partial charge in [-0.25, -0.2) is 4.98 Å². The summed E-state index contributed by atoms with van der Waals surface area (Å²) in [6.45, 7) is 4.30. The molecule has 5 nitrogen and oxygen atoms in total. The highest BCUT2D eigenvalue weighted by molar-refractivity contribution is 7.14. The molecule has 1 aliphatic carbocycles. The van der Waals surface area contributed by atoms with Crippen molar-refractivity contribution in [3.8, 4) is 0 Å². The number of nitrogens with zero attached hydrogens (tertiary/aromatic N) is 1. The summed E-state index contributed by atoms with van der Waals surface area (Å²) in [6, 6.07) is 0. The van der Waals surface area contributed by atoms with Crippen LogP contribution in [0.4, 0.5) is 5.13 Å². The predicted molar refractivity (Wildman–Crippen MR) is 66.0 cm³/mol. The molecule has 1 aromatic rings. The summed E-state index contributed by atoms with van der Waals surface area (Å²) < 4.78 is 0. The lowest BCUT2D eigenvalue weighted by atomic mass is 10.3. The second-order valence-corrected chi connectivity index (χ2v) is 5.26. The van der Waals surface area contributed by atoms with Gasteiger partial charge in [0, 0.05) is 18.8 Å². The predicted octanol–water partition coefficient (Wildman–Crippen LogP) is 1.49. The first-order valence-electron chi connectivity index (χ1n) is 5.57. The van der Waals surface area contributed by atoms with E-state index in [1.54, 1.807) is 5.38 Å². The molecule has 0 radical (unpaired) electrons. The van der Waals surface area contributed by atoms with Crippen LogP contribution in [-0.2, 0) is 4.79 Å². The molecular weight excluding hydrogens is 238 g/mol. The molecule has 1 aromatic heterocycles. The maximum Gasteiger partial charge on any atom is 0.270 e. The maximum absolute atomic E-state index is 11.7. The van der Waals surface area contributed by atoms with E-state index in [1.807, 2.05) is 0 Å². The second-order valence-electron chi connectivity index (χ2n) is 4.40. The van der Waals surface area contributed by atoms with Crippen molar-refractivity contribution in [2.24, 2.45) is 11.8 Å². The van der Waals surface area contributed by atoms with Gasteiger partial charge in [0.05, 0.1) is 0 Å². The fourth-order valence-corrected chi connectivity index (χ4v) is 2.32. The number of anilines is 1. The van der Waals surface area contributed by atoms with Gasteiger partial charge in [-0.2, -0.15) is 0 Å². The summed E-state index contributed by atoms with van der Waals surface area (Å²) in [5.74, 6) is 0.989. The summed E-state index contributed by atoms with van der Waals surface area (Å²) in [5.41, 5.74) is 0.368. The monoisotopic (exact) mass is 253 g/mol. The van der Waals surface area contributed by atoms with Gasteiger partial charge in [-0.05, 0) is 18.3 Å². The van der Waals surface area contributed by atoms with Crippen molar-refractivity contribution < 1.29 is 9.59 Å². The van der Waals surface area contributed by atoms with Gasteiger partial charge in [0.15, 0.2) is 5.13 Å². The molecular formula is C11H15N3O2S. The zero-order chi connectivity index (χ0) is 12.4. The number of aromatic nitrogens is 1. The molecule has 17 heavy (non-hydrogen) atoms. The molecule has 1 heterocycles. The summed E-state index contributed by atoms with van der Waals surface area (Å²) in [6.07, 6.45) is 1.19. The summed E-state index contributed by atoms with van der Waals surface area (Å²) in [7, 11) is 0. The number of hydrogen-bond acceptors (Lipinski definition) is 4. The van der Waals surface area contributed by atoms with Crippen molar-refractivity contribution in [1.82, 2.24) is 10.3 Å². The molecule has 6 heteroatoms. The van der Waals surface area contributed by atoms with E-state index in [0.29, 0.717) is 23.3 Å². The van der Waals surface area contributed by atoms with Gasteiger partial charge in [0.1, 0.15) is 5.69 Å². The Morgan fingerprint density at radius 2 is 2.29 bits per heavy atom. The van der Waals surface area contributed by atoms with E-state index in [1.165, 1.54) is 24.7 Å². The number of nitrogens with one attached hydrogen (secondary N) is 2. The largest absolute Gasteiger partial charge is 0.350 e. The van der Waals surface area contributed by atoms with Crippen LogP contribution >= 0.6 is 11.3 Å². The number of amides is 2. The highest BCUT2D eigenvalue weighted by Crippen LogP contribution is 2.36. The smallest absolute Gasteiger partial charge is 0.270 e. The molecule has 2 unspecified atom stereocenters. The van der Waals surface area contributed by atoms with Crippen LogP contribution < -0.4 is 10.6 Å². The average Bonchev–Trinajstić information content (AvgIpc) is 2.75. The molecule has 0 aromatic carbocycles. The lowest BCUT2D eigenvalue weighted by Crippen LogP contribution is -2.26. The number of hydrogen-bond donors (Lipinski definition) is 2. The van der Waals surface area contributed by atoms with Gasteiger partial charge >= 0.3 is 0 Å². The number of rotatable bonds is 4. The first-order chi connectivity index (χ1) is 8.06. The van der Waals surface area contributed by atoms with Crippen LogP contribution in [-0.4, -0.2) is 23.3 Å². The van der Waals surface area contributed by atoms with E-state index in [9.17, 15) is 9.59 Å². The maximum atomic E-state index is 11.7. The molecule has 2 amide bonds. The third-order valence-corrected chi connectivity index (χ3v) is 3.58. The Morgan fingerprint density at radius 3 is 2.88 bits per heavy atom. The topological polar surface area (TPSA) is 71.1 Å². The lowest BCUT2D eigenvalue weighted by Gasteiger charge is -2.01. The van der Waals surface area contributed by atoms with E-state index >= 15 is 0 Å². The van der Waals surface area contributed by atoms with Crippen LogP contribution in [0.3, 0.4) is 0 Å². The van der Waals surface area contributed by atoms with Crippen molar-refractivity contribution in [2.45, 2.75) is 20.3 Å². The van der Waals surface area contributed by atoms with Crippen LogP contribution in [0.15, 0.2) is 5.38 Å². The van der Waals surface area contributed by atoms with Gasteiger partial charge in [-0.15, -0.1) is 11.3 Å². The van der Waals surface area contributed by atoms with Crippen LogP contribution in [0, 0.1) is 11.8 Å². The molecule has 2 N–H and O–H groups in total. The van der Waals surface area contributed by atoms with E-state index in [4.69, 9.17) is 0 Å². The Hall–Kier alpha value is -1.43. The molecule has 2 atom stereocenters. The fourth-order valence-electron chi connectivity index (χ4n) is 1.58. The minimum absolute atomic E-state index is 0.169. The van der Waals surface area contributed by atoms with Gasteiger partial charge in [-0.3, -0.25) is 9.59 Å².